The average molecular weight is 624 g/mol. The lowest BCUT2D eigenvalue weighted by molar-refractivity contribution is -0.384. The van der Waals surface area contributed by atoms with Crippen LogP contribution in [-0.2, 0) is 9.53 Å². The Morgan fingerprint density at radius 1 is 1.16 bits per heavy atom. The van der Waals surface area contributed by atoms with Gasteiger partial charge in [0, 0.05) is 17.7 Å². The summed E-state index contributed by atoms with van der Waals surface area (Å²) in [5.41, 5.74) is 1.09. The van der Waals surface area contributed by atoms with Gasteiger partial charge in [-0.2, -0.15) is 0 Å². The van der Waals surface area contributed by atoms with Crippen molar-refractivity contribution in [2.24, 2.45) is 4.99 Å². The van der Waals surface area contributed by atoms with Gasteiger partial charge >= 0.3 is 5.97 Å². The fourth-order valence-electron chi connectivity index (χ4n) is 4.76. The van der Waals surface area contributed by atoms with Crippen LogP contribution in [0.25, 0.3) is 17.4 Å². The smallest absolute Gasteiger partial charge is 0.338 e. The van der Waals surface area contributed by atoms with Gasteiger partial charge in [0.05, 0.1) is 47.1 Å². The van der Waals surface area contributed by atoms with Crippen LogP contribution in [0.4, 0.5) is 5.69 Å². The van der Waals surface area contributed by atoms with E-state index in [2.05, 4.69) is 4.99 Å². The number of nitro benzene ring substituents is 1. The highest BCUT2D eigenvalue weighted by atomic mass is 35.5. The number of allylic oxidation sites excluding steroid dienone is 1. The quantitative estimate of drug-likeness (QED) is 0.144. The van der Waals surface area contributed by atoms with E-state index >= 15 is 0 Å². The van der Waals surface area contributed by atoms with Crippen molar-refractivity contribution in [1.82, 2.24) is 4.57 Å². The van der Waals surface area contributed by atoms with Gasteiger partial charge < -0.3 is 18.6 Å². The van der Waals surface area contributed by atoms with Crippen LogP contribution in [0.15, 0.2) is 74.0 Å². The van der Waals surface area contributed by atoms with Crippen molar-refractivity contribution in [1.29, 1.82) is 0 Å². The zero-order chi connectivity index (χ0) is 30.8. The summed E-state index contributed by atoms with van der Waals surface area (Å²) < 4.78 is 24.2. The van der Waals surface area contributed by atoms with Gasteiger partial charge in [-0.15, -0.1) is 0 Å². The second-order valence-corrected chi connectivity index (χ2v) is 10.7. The van der Waals surface area contributed by atoms with Gasteiger partial charge in [0.2, 0.25) is 0 Å². The summed E-state index contributed by atoms with van der Waals surface area (Å²) in [7, 11) is 1.53. The number of carbonyl (C=O) groups excluding carboxylic acids is 1. The number of halogens is 1. The molecule has 0 aliphatic carbocycles. The Balaban J connectivity index is 1.63. The highest BCUT2D eigenvalue weighted by Crippen LogP contribution is 2.36. The normalized spacial score (nSPS) is 14.7. The minimum atomic E-state index is -0.843. The molecule has 0 radical (unpaired) electrons. The summed E-state index contributed by atoms with van der Waals surface area (Å²) in [6.45, 7) is 5.79. The molecule has 0 saturated heterocycles. The Bertz CT molecular complexity index is 1960. The largest absolute Gasteiger partial charge is 0.493 e. The lowest BCUT2D eigenvalue weighted by atomic mass is 9.95. The maximum Gasteiger partial charge on any atom is 0.338 e. The molecule has 2 aromatic carbocycles. The first-order valence-corrected chi connectivity index (χ1v) is 14.4. The van der Waals surface area contributed by atoms with Crippen LogP contribution >= 0.6 is 22.9 Å². The Morgan fingerprint density at radius 3 is 2.65 bits per heavy atom. The lowest BCUT2D eigenvalue weighted by Crippen LogP contribution is -2.39. The van der Waals surface area contributed by atoms with Crippen LogP contribution in [-0.4, -0.2) is 35.8 Å². The zero-order valence-electron chi connectivity index (χ0n) is 23.6. The van der Waals surface area contributed by atoms with Crippen molar-refractivity contribution in [3.8, 4) is 22.8 Å². The Labute approximate surface area is 254 Å². The fraction of sp³-hybridized carbons (Fsp3) is 0.233. The molecule has 2 aromatic heterocycles. The number of esters is 1. The summed E-state index contributed by atoms with van der Waals surface area (Å²) in [6, 6.07) is 12.0. The number of ether oxygens (including phenoxy) is 3. The first-order valence-electron chi connectivity index (χ1n) is 13.2. The van der Waals surface area contributed by atoms with Crippen molar-refractivity contribution >= 4 is 40.7 Å². The van der Waals surface area contributed by atoms with Crippen LogP contribution in [0.2, 0.25) is 5.02 Å². The Hall–Kier alpha value is -4.68. The van der Waals surface area contributed by atoms with Gasteiger partial charge in [-0.05, 0) is 62.7 Å². The third-order valence-corrected chi connectivity index (χ3v) is 7.95. The molecule has 0 unspecified atom stereocenters. The van der Waals surface area contributed by atoms with Gasteiger partial charge in [-0.1, -0.05) is 29.0 Å². The minimum Gasteiger partial charge on any atom is -0.493 e. The molecule has 13 heteroatoms. The number of benzene rings is 2. The van der Waals surface area contributed by atoms with Crippen LogP contribution in [0.3, 0.4) is 0 Å². The molecular weight excluding hydrogens is 598 g/mol. The molecule has 4 aromatic rings. The molecule has 0 amide bonds. The molecule has 3 heterocycles. The van der Waals surface area contributed by atoms with Crippen LogP contribution in [0.1, 0.15) is 38.1 Å². The number of hydrogen-bond acceptors (Lipinski definition) is 10. The number of rotatable bonds is 9. The second-order valence-electron chi connectivity index (χ2n) is 9.27. The molecule has 1 aliphatic rings. The van der Waals surface area contributed by atoms with E-state index in [1.807, 2.05) is 6.92 Å². The molecule has 0 fully saturated rings. The van der Waals surface area contributed by atoms with Gasteiger partial charge in [0.1, 0.15) is 16.5 Å². The number of hydrogen-bond donors (Lipinski definition) is 0. The number of nitro groups is 1. The first kappa shape index (κ1) is 29.8. The fourth-order valence-corrected chi connectivity index (χ4v) is 5.97. The molecule has 43 heavy (non-hydrogen) atoms. The number of fused-ring (bicyclic) bond motifs is 1. The summed E-state index contributed by atoms with van der Waals surface area (Å²) >= 11 is 7.08. The highest BCUT2D eigenvalue weighted by Gasteiger charge is 2.34. The maximum absolute atomic E-state index is 13.9. The molecule has 0 spiro atoms. The van der Waals surface area contributed by atoms with E-state index in [4.69, 9.17) is 30.2 Å². The molecule has 11 nitrogen and oxygen atoms in total. The van der Waals surface area contributed by atoms with Crippen LogP contribution in [0, 0.1) is 10.1 Å². The molecule has 0 saturated carbocycles. The average Bonchev–Trinajstić information content (AvgIpc) is 3.56. The summed E-state index contributed by atoms with van der Waals surface area (Å²) in [5, 5.41) is 11.3. The Kier molecular flexibility index (Phi) is 8.51. The van der Waals surface area contributed by atoms with Gasteiger partial charge in [-0.3, -0.25) is 19.5 Å². The Morgan fingerprint density at radius 2 is 1.95 bits per heavy atom. The van der Waals surface area contributed by atoms with Crippen molar-refractivity contribution in [3.63, 3.8) is 0 Å². The number of aromatic nitrogens is 1. The summed E-state index contributed by atoms with van der Waals surface area (Å²) in [6.07, 6.45) is 1.57. The third-order valence-electron chi connectivity index (χ3n) is 6.65. The topological polar surface area (TPSA) is 135 Å². The van der Waals surface area contributed by atoms with E-state index in [-0.39, 0.29) is 22.9 Å². The molecule has 0 bridgehead atoms. The van der Waals surface area contributed by atoms with E-state index in [0.717, 1.165) is 11.3 Å². The third kappa shape index (κ3) is 5.71. The van der Waals surface area contributed by atoms with Crippen molar-refractivity contribution in [2.75, 3.05) is 20.3 Å². The number of methoxy groups -OCH3 is 1. The molecule has 222 valence electrons. The predicted octanol–water partition coefficient (Wildman–Crippen LogP) is 5.03. The second kappa shape index (κ2) is 12.3. The number of furan rings is 1. The molecular formula is C30H26ClN3O8S. The van der Waals surface area contributed by atoms with E-state index < -0.39 is 22.5 Å². The first-order chi connectivity index (χ1) is 20.7. The predicted molar refractivity (Wildman–Crippen MR) is 160 cm³/mol. The number of thiazole rings is 1. The van der Waals surface area contributed by atoms with Crippen molar-refractivity contribution in [2.45, 2.75) is 26.8 Å². The number of carbonyl (C=O) groups is 1. The summed E-state index contributed by atoms with van der Waals surface area (Å²) in [5.74, 6) is 1.10. The van der Waals surface area contributed by atoms with Crippen LogP contribution in [0.5, 0.6) is 11.5 Å². The summed E-state index contributed by atoms with van der Waals surface area (Å²) in [4.78, 5) is 42.8. The van der Waals surface area contributed by atoms with Crippen molar-refractivity contribution < 1.29 is 28.3 Å². The van der Waals surface area contributed by atoms with E-state index in [1.165, 1.54) is 23.8 Å². The van der Waals surface area contributed by atoms with Crippen molar-refractivity contribution in [3.05, 3.63) is 106 Å². The molecule has 0 N–H and O–H groups in total. The van der Waals surface area contributed by atoms with E-state index in [1.54, 1.807) is 56.3 Å². The molecule has 1 atom stereocenters. The van der Waals surface area contributed by atoms with Gasteiger partial charge in [-0.25, -0.2) is 9.79 Å². The zero-order valence-corrected chi connectivity index (χ0v) is 25.2. The lowest BCUT2D eigenvalue weighted by Gasteiger charge is -2.25. The minimum absolute atomic E-state index is 0.0129. The van der Waals surface area contributed by atoms with E-state index in [9.17, 15) is 19.7 Å². The van der Waals surface area contributed by atoms with Gasteiger partial charge in [0.15, 0.2) is 16.3 Å². The monoisotopic (exact) mass is 623 g/mol. The standard InChI is InChI=1S/C30H26ClN3O8S/c1-5-40-24-14-18(8-11-23(24)39-4)27-26(29(36)41-6-2)16(3)32-30-33(27)28(35)25(43-30)15-19-9-12-22(42-19)17-7-10-20(31)21(13-17)34(37)38/h7-15,27H,5-6H2,1-4H3/b25-15-/t27-/m0/s1. The maximum atomic E-state index is 13.9. The SMILES string of the molecule is CCOC(=O)C1=C(C)N=c2s/c(=C\c3ccc(-c4ccc(Cl)c([N+](=O)[O-])c4)o3)c(=O)n2[C@H]1c1ccc(OC)c(OCC)c1. The molecule has 5 rings (SSSR count). The van der Waals surface area contributed by atoms with Gasteiger partial charge in [0.25, 0.3) is 11.2 Å². The number of nitrogens with zero attached hydrogens (tertiary/aromatic N) is 3. The highest BCUT2D eigenvalue weighted by molar-refractivity contribution is 7.07. The molecule has 1 aliphatic heterocycles. The van der Waals surface area contributed by atoms with E-state index in [0.29, 0.717) is 55.8 Å². The van der Waals surface area contributed by atoms with Crippen LogP contribution < -0.4 is 24.4 Å².